The lowest BCUT2D eigenvalue weighted by atomic mass is 10.2. The van der Waals surface area contributed by atoms with Gasteiger partial charge in [0.1, 0.15) is 11.4 Å². The van der Waals surface area contributed by atoms with Crippen LogP contribution in [0, 0.1) is 0 Å². The highest BCUT2D eigenvalue weighted by Crippen LogP contribution is 2.20. The number of anilines is 1. The van der Waals surface area contributed by atoms with Gasteiger partial charge in [0.2, 0.25) is 0 Å². The first kappa shape index (κ1) is 14.8. The smallest absolute Gasteiger partial charge is 0.341 e. The van der Waals surface area contributed by atoms with Gasteiger partial charge in [-0.25, -0.2) is 9.78 Å². The first-order valence-corrected chi connectivity index (χ1v) is 6.99. The van der Waals surface area contributed by atoms with E-state index in [0.29, 0.717) is 27.4 Å². The van der Waals surface area contributed by atoms with Crippen LogP contribution >= 0.6 is 27.5 Å². The molecule has 0 aliphatic heterocycles. The van der Waals surface area contributed by atoms with Crippen molar-refractivity contribution < 1.29 is 9.53 Å². The predicted octanol–water partition coefficient (Wildman–Crippen LogP) is 3.90. The molecule has 0 fully saturated rings. The Morgan fingerprint density at radius 2 is 2.25 bits per heavy atom. The molecule has 2 rings (SSSR count). The Kier molecular flexibility index (Phi) is 4.98. The van der Waals surface area contributed by atoms with E-state index in [2.05, 4.69) is 26.2 Å². The molecule has 0 aliphatic carbocycles. The molecule has 0 amide bonds. The van der Waals surface area contributed by atoms with Crippen molar-refractivity contribution in [1.29, 1.82) is 0 Å². The van der Waals surface area contributed by atoms with Gasteiger partial charge < -0.3 is 10.1 Å². The van der Waals surface area contributed by atoms with Crippen molar-refractivity contribution in [2.75, 3.05) is 12.4 Å². The average Bonchev–Trinajstić information content (AvgIpc) is 2.45. The maximum absolute atomic E-state index is 11.7. The molecule has 0 atom stereocenters. The number of aromatic nitrogens is 1. The molecular weight excluding hydrogens is 344 g/mol. The van der Waals surface area contributed by atoms with Gasteiger partial charge in [-0.1, -0.05) is 23.7 Å². The van der Waals surface area contributed by atoms with Crippen LogP contribution in [0.15, 0.2) is 41.0 Å². The van der Waals surface area contributed by atoms with Crippen molar-refractivity contribution in [2.24, 2.45) is 0 Å². The number of benzene rings is 1. The predicted molar refractivity (Wildman–Crippen MR) is 82.1 cm³/mol. The van der Waals surface area contributed by atoms with Gasteiger partial charge >= 0.3 is 5.97 Å². The number of rotatable bonds is 4. The molecule has 0 spiro atoms. The molecular formula is C14H12BrClN2O2. The minimum atomic E-state index is -0.438. The van der Waals surface area contributed by atoms with E-state index in [0.717, 1.165) is 5.56 Å². The number of ether oxygens (including phenoxy) is 1. The molecule has 20 heavy (non-hydrogen) atoms. The van der Waals surface area contributed by atoms with Crippen LogP contribution in [0.5, 0.6) is 0 Å². The third-order valence-electron chi connectivity index (χ3n) is 2.61. The Morgan fingerprint density at radius 1 is 1.45 bits per heavy atom. The summed E-state index contributed by atoms with van der Waals surface area (Å²) in [6, 6.07) is 9.14. The molecule has 2 aromatic rings. The average molecular weight is 356 g/mol. The van der Waals surface area contributed by atoms with Gasteiger partial charge in [-0.05, 0) is 39.7 Å². The first-order valence-electron chi connectivity index (χ1n) is 5.82. The molecule has 1 heterocycles. The number of nitrogens with zero attached hydrogens (tertiary/aromatic N) is 1. The van der Waals surface area contributed by atoms with E-state index in [4.69, 9.17) is 16.3 Å². The Hall–Kier alpha value is -1.59. The molecule has 1 N–H and O–H groups in total. The summed E-state index contributed by atoms with van der Waals surface area (Å²) < 4.78 is 5.46. The Balaban J connectivity index is 2.19. The van der Waals surface area contributed by atoms with Crippen LogP contribution in [0.1, 0.15) is 15.9 Å². The second kappa shape index (κ2) is 6.72. The number of esters is 1. The van der Waals surface area contributed by atoms with Crippen LogP contribution in [-0.4, -0.2) is 18.1 Å². The summed E-state index contributed by atoms with van der Waals surface area (Å²) in [6.45, 7) is 0.513. The van der Waals surface area contributed by atoms with Gasteiger partial charge in [-0.15, -0.1) is 0 Å². The van der Waals surface area contributed by atoms with E-state index in [1.807, 2.05) is 24.3 Å². The lowest BCUT2D eigenvalue weighted by molar-refractivity contribution is 0.0601. The summed E-state index contributed by atoms with van der Waals surface area (Å²) in [5, 5.41) is 3.78. The van der Waals surface area contributed by atoms with Crippen molar-refractivity contribution in [3.63, 3.8) is 0 Å². The normalized spacial score (nSPS) is 10.2. The Bertz CT molecular complexity index is 634. The van der Waals surface area contributed by atoms with Crippen LogP contribution < -0.4 is 5.32 Å². The van der Waals surface area contributed by atoms with Crippen molar-refractivity contribution >= 4 is 39.3 Å². The zero-order valence-electron chi connectivity index (χ0n) is 10.7. The van der Waals surface area contributed by atoms with Gasteiger partial charge in [-0.2, -0.15) is 0 Å². The van der Waals surface area contributed by atoms with Gasteiger partial charge in [-0.3, -0.25) is 0 Å². The summed E-state index contributed by atoms with van der Waals surface area (Å²) in [5.74, 6) is 0.0346. The van der Waals surface area contributed by atoms with Crippen molar-refractivity contribution in [1.82, 2.24) is 4.98 Å². The number of hydrogen-bond donors (Lipinski definition) is 1. The van der Waals surface area contributed by atoms with Crippen molar-refractivity contribution in [3.8, 4) is 0 Å². The number of halogens is 2. The van der Waals surface area contributed by atoms with E-state index in [1.54, 1.807) is 12.3 Å². The minimum absolute atomic E-state index is 0.379. The monoisotopic (exact) mass is 354 g/mol. The zero-order chi connectivity index (χ0) is 14.5. The second-order valence-corrected chi connectivity index (χ2v) is 5.38. The van der Waals surface area contributed by atoms with Gasteiger partial charge in [0.25, 0.3) is 0 Å². The van der Waals surface area contributed by atoms with Crippen LogP contribution in [0.3, 0.4) is 0 Å². The molecule has 0 saturated heterocycles. The maximum Gasteiger partial charge on any atom is 0.341 e. The van der Waals surface area contributed by atoms with Crippen LogP contribution in [0.25, 0.3) is 0 Å². The standard InChI is InChI=1S/C14H12BrClN2O2/c1-20-14(19)12-6-10(15)8-18-13(12)17-7-9-3-2-4-11(16)5-9/h2-6,8H,7H2,1H3,(H,17,18). The number of carbonyl (C=O) groups is 1. The SMILES string of the molecule is COC(=O)c1cc(Br)cnc1NCc1cccc(Cl)c1. The van der Waals surface area contributed by atoms with Gasteiger partial charge in [0.05, 0.1) is 7.11 Å². The fourth-order valence-corrected chi connectivity index (χ4v) is 2.22. The molecule has 1 aromatic heterocycles. The minimum Gasteiger partial charge on any atom is -0.465 e. The number of carbonyl (C=O) groups excluding carboxylic acids is 1. The van der Waals surface area contributed by atoms with Crippen molar-refractivity contribution in [3.05, 3.63) is 57.2 Å². The first-order chi connectivity index (χ1) is 9.60. The largest absolute Gasteiger partial charge is 0.465 e. The van der Waals surface area contributed by atoms with Crippen molar-refractivity contribution in [2.45, 2.75) is 6.54 Å². The summed E-state index contributed by atoms with van der Waals surface area (Å²) in [5.41, 5.74) is 1.38. The third kappa shape index (κ3) is 3.71. The lowest BCUT2D eigenvalue weighted by Gasteiger charge is -2.10. The summed E-state index contributed by atoms with van der Waals surface area (Å²) in [7, 11) is 1.34. The van der Waals surface area contributed by atoms with Gasteiger partial charge in [0, 0.05) is 22.2 Å². The maximum atomic E-state index is 11.7. The molecule has 0 saturated carbocycles. The number of nitrogens with one attached hydrogen (secondary N) is 1. The third-order valence-corrected chi connectivity index (χ3v) is 3.28. The molecule has 1 aromatic carbocycles. The summed E-state index contributed by atoms with van der Waals surface area (Å²) >= 11 is 9.21. The fourth-order valence-electron chi connectivity index (χ4n) is 1.68. The Labute approximate surface area is 130 Å². The van der Waals surface area contributed by atoms with E-state index in [-0.39, 0.29) is 0 Å². The zero-order valence-corrected chi connectivity index (χ0v) is 13.0. The fraction of sp³-hybridized carbons (Fsp3) is 0.143. The van der Waals surface area contributed by atoms with E-state index in [9.17, 15) is 4.79 Å². The molecule has 0 unspecified atom stereocenters. The van der Waals surface area contributed by atoms with Crippen LogP contribution in [0.4, 0.5) is 5.82 Å². The molecule has 4 nitrogen and oxygen atoms in total. The van der Waals surface area contributed by atoms with Crippen LogP contribution in [-0.2, 0) is 11.3 Å². The highest BCUT2D eigenvalue weighted by molar-refractivity contribution is 9.10. The number of pyridine rings is 1. The van der Waals surface area contributed by atoms with E-state index < -0.39 is 5.97 Å². The van der Waals surface area contributed by atoms with Gasteiger partial charge in [0.15, 0.2) is 0 Å². The summed E-state index contributed by atoms with van der Waals surface area (Å²) in [4.78, 5) is 15.9. The highest BCUT2D eigenvalue weighted by atomic mass is 79.9. The highest BCUT2D eigenvalue weighted by Gasteiger charge is 2.13. The molecule has 104 valence electrons. The lowest BCUT2D eigenvalue weighted by Crippen LogP contribution is -2.10. The second-order valence-electron chi connectivity index (χ2n) is 4.02. The molecule has 0 bridgehead atoms. The van der Waals surface area contributed by atoms with Crippen LogP contribution in [0.2, 0.25) is 5.02 Å². The van der Waals surface area contributed by atoms with E-state index >= 15 is 0 Å². The quantitative estimate of drug-likeness (QED) is 0.845. The van der Waals surface area contributed by atoms with E-state index in [1.165, 1.54) is 7.11 Å². The number of methoxy groups -OCH3 is 1. The molecule has 0 radical (unpaired) electrons. The number of hydrogen-bond acceptors (Lipinski definition) is 4. The summed E-state index contributed by atoms with van der Waals surface area (Å²) in [6.07, 6.45) is 1.62. The molecule has 6 heteroatoms. The topological polar surface area (TPSA) is 51.2 Å². The molecule has 0 aliphatic rings. The Morgan fingerprint density at radius 3 is 2.95 bits per heavy atom.